The molecule has 4 rings (SSSR count). The number of aromatic nitrogens is 2. The molecule has 1 amide bonds. The van der Waals surface area contributed by atoms with Gasteiger partial charge in [-0.3, -0.25) is 14.2 Å². The lowest BCUT2D eigenvalue weighted by molar-refractivity contribution is -0.120. The topological polar surface area (TPSA) is 73.2 Å². The van der Waals surface area contributed by atoms with Crippen LogP contribution in [0, 0.1) is 11.8 Å². The van der Waals surface area contributed by atoms with Crippen molar-refractivity contribution >= 4 is 28.6 Å². The van der Waals surface area contributed by atoms with E-state index in [1.165, 1.54) is 18.2 Å². The Morgan fingerprint density at radius 3 is 2.87 bits per heavy atom. The molecule has 2 fully saturated rings. The Kier molecular flexibility index (Phi) is 6.78. The van der Waals surface area contributed by atoms with Gasteiger partial charge < -0.3 is 10.1 Å². The third-order valence-corrected chi connectivity index (χ3v) is 7.60. The highest BCUT2D eigenvalue weighted by Gasteiger charge is 2.28. The van der Waals surface area contributed by atoms with Crippen LogP contribution in [0.25, 0.3) is 10.9 Å². The Bertz CT molecular complexity index is 954. The zero-order valence-electron chi connectivity index (χ0n) is 17.8. The van der Waals surface area contributed by atoms with Crippen molar-refractivity contribution in [2.24, 2.45) is 11.8 Å². The third kappa shape index (κ3) is 4.72. The summed E-state index contributed by atoms with van der Waals surface area (Å²) in [7, 11) is 0. The van der Waals surface area contributed by atoms with Crippen molar-refractivity contribution in [2.75, 3.05) is 12.4 Å². The van der Waals surface area contributed by atoms with Gasteiger partial charge in [-0.25, -0.2) is 4.98 Å². The summed E-state index contributed by atoms with van der Waals surface area (Å²) >= 11 is 1.34. The lowest BCUT2D eigenvalue weighted by Gasteiger charge is -2.34. The zero-order valence-corrected chi connectivity index (χ0v) is 18.6. The molecular formula is C23H31N3O3S. The Hall–Kier alpha value is -1.86. The highest BCUT2D eigenvalue weighted by molar-refractivity contribution is 7.99. The molecule has 162 valence electrons. The minimum atomic E-state index is -0.0614. The number of carbonyl (C=O) groups is 1. The molecular weight excluding hydrogens is 398 g/mol. The van der Waals surface area contributed by atoms with Crippen LogP contribution in [0.3, 0.4) is 0 Å². The normalized spacial score (nSPS) is 26.7. The van der Waals surface area contributed by atoms with Gasteiger partial charge in [0.2, 0.25) is 5.91 Å². The molecule has 4 atom stereocenters. The number of carbonyl (C=O) groups excluding carboxylic acids is 1. The molecule has 1 N–H and O–H groups in total. The molecule has 0 unspecified atom stereocenters. The molecule has 0 bridgehead atoms. The van der Waals surface area contributed by atoms with Gasteiger partial charge in [0, 0.05) is 12.6 Å². The van der Waals surface area contributed by atoms with E-state index in [1.54, 1.807) is 4.57 Å². The van der Waals surface area contributed by atoms with Gasteiger partial charge in [0.1, 0.15) is 0 Å². The van der Waals surface area contributed by atoms with Crippen molar-refractivity contribution in [1.29, 1.82) is 0 Å². The largest absolute Gasteiger partial charge is 0.376 e. The van der Waals surface area contributed by atoms with E-state index in [0.29, 0.717) is 34.4 Å². The molecule has 1 aromatic carbocycles. The highest BCUT2D eigenvalue weighted by atomic mass is 32.2. The van der Waals surface area contributed by atoms with Gasteiger partial charge in [-0.15, -0.1) is 0 Å². The average molecular weight is 430 g/mol. The number of amides is 1. The maximum Gasteiger partial charge on any atom is 0.262 e. The SMILES string of the molecule is C[C@H]1[C@@H](NC(=O)CSc2nc3ccccc3c(=O)n2C[C@@H]2CCCO2)CCC[C@@H]1C. The number of fused-ring (bicyclic) bond motifs is 1. The average Bonchev–Trinajstić information content (AvgIpc) is 3.25. The van der Waals surface area contributed by atoms with E-state index < -0.39 is 0 Å². The summed E-state index contributed by atoms with van der Waals surface area (Å²) < 4.78 is 7.45. The predicted molar refractivity (Wildman–Crippen MR) is 120 cm³/mol. The van der Waals surface area contributed by atoms with Crippen LogP contribution in [-0.4, -0.2) is 40.0 Å². The number of ether oxygens (including phenoxy) is 1. The van der Waals surface area contributed by atoms with E-state index in [1.807, 2.05) is 24.3 Å². The fraction of sp³-hybridized carbons (Fsp3) is 0.609. The van der Waals surface area contributed by atoms with Gasteiger partial charge >= 0.3 is 0 Å². The summed E-state index contributed by atoms with van der Waals surface area (Å²) in [6.07, 6.45) is 5.43. The summed E-state index contributed by atoms with van der Waals surface area (Å²) in [6.45, 7) is 5.72. The molecule has 2 aromatic rings. The van der Waals surface area contributed by atoms with E-state index in [9.17, 15) is 9.59 Å². The monoisotopic (exact) mass is 429 g/mol. The second-order valence-corrected chi connectivity index (χ2v) is 9.63. The van der Waals surface area contributed by atoms with Crippen LogP contribution < -0.4 is 10.9 Å². The van der Waals surface area contributed by atoms with Gasteiger partial charge in [-0.2, -0.15) is 0 Å². The predicted octanol–water partition coefficient (Wildman–Crippen LogP) is 3.61. The van der Waals surface area contributed by atoms with Crippen molar-refractivity contribution in [3.63, 3.8) is 0 Å². The van der Waals surface area contributed by atoms with Crippen LogP contribution in [0.4, 0.5) is 0 Å². The summed E-state index contributed by atoms with van der Waals surface area (Å²) in [6, 6.07) is 7.63. The standard InChI is InChI=1S/C23H31N3O3S/c1-15-7-5-11-19(16(15)2)24-21(27)14-30-23-25-20-10-4-3-9-18(20)22(28)26(23)13-17-8-6-12-29-17/h3-4,9-10,15-17,19H,5-8,11-14H2,1-2H3,(H,24,27)/t15-,16+,17-,19-/m0/s1. The van der Waals surface area contributed by atoms with Crippen molar-refractivity contribution in [3.8, 4) is 0 Å². The summed E-state index contributed by atoms with van der Waals surface area (Å²) in [4.78, 5) is 30.5. The van der Waals surface area contributed by atoms with Crippen LogP contribution >= 0.6 is 11.8 Å². The van der Waals surface area contributed by atoms with Crippen LogP contribution in [0.15, 0.2) is 34.2 Å². The smallest absolute Gasteiger partial charge is 0.262 e. The highest BCUT2D eigenvalue weighted by Crippen LogP contribution is 2.29. The van der Waals surface area contributed by atoms with E-state index in [2.05, 4.69) is 19.2 Å². The molecule has 0 spiro atoms. The molecule has 2 aliphatic rings. The number of nitrogens with zero attached hydrogens (tertiary/aromatic N) is 2. The third-order valence-electron chi connectivity index (χ3n) is 6.62. The lowest BCUT2D eigenvalue weighted by atomic mass is 9.78. The maximum atomic E-state index is 13.1. The Morgan fingerprint density at radius 1 is 1.23 bits per heavy atom. The Morgan fingerprint density at radius 2 is 2.07 bits per heavy atom. The summed E-state index contributed by atoms with van der Waals surface area (Å²) in [5, 5.41) is 4.41. The van der Waals surface area contributed by atoms with Gasteiger partial charge in [-0.1, -0.05) is 50.6 Å². The Balaban J connectivity index is 1.50. The first-order valence-corrected chi connectivity index (χ1v) is 12.0. The van der Waals surface area contributed by atoms with Crippen molar-refractivity contribution in [1.82, 2.24) is 14.9 Å². The quantitative estimate of drug-likeness (QED) is 0.561. The van der Waals surface area contributed by atoms with Gasteiger partial charge in [0.15, 0.2) is 5.16 Å². The molecule has 1 saturated carbocycles. The number of hydrogen-bond donors (Lipinski definition) is 1. The fourth-order valence-corrected chi connectivity index (χ4v) is 5.39. The molecule has 0 radical (unpaired) electrons. The zero-order chi connectivity index (χ0) is 21.1. The van der Waals surface area contributed by atoms with E-state index in [0.717, 1.165) is 32.3 Å². The Labute approximate surface area is 181 Å². The fourth-order valence-electron chi connectivity index (χ4n) is 4.58. The molecule has 30 heavy (non-hydrogen) atoms. The number of nitrogens with one attached hydrogen (secondary N) is 1. The number of para-hydroxylation sites is 1. The van der Waals surface area contributed by atoms with Gasteiger partial charge in [0.05, 0.1) is 29.3 Å². The lowest BCUT2D eigenvalue weighted by Crippen LogP contribution is -2.44. The van der Waals surface area contributed by atoms with Crippen LogP contribution in [0.1, 0.15) is 46.0 Å². The molecule has 1 aliphatic carbocycles. The van der Waals surface area contributed by atoms with E-state index in [-0.39, 0.29) is 29.4 Å². The first-order chi connectivity index (χ1) is 14.5. The number of thioether (sulfide) groups is 1. The first-order valence-electron chi connectivity index (χ1n) is 11.1. The number of rotatable bonds is 6. The van der Waals surface area contributed by atoms with Gasteiger partial charge in [-0.05, 0) is 43.2 Å². The van der Waals surface area contributed by atoms with Crippen molar-refractivity contribution < 1.29 is 9.53 Å². The van der Waals surface area contributed by atoms with Crippen molar-refractivity contribution in [2.45, 2.75) is 69.8 Å². The van der Waals surface area contributed by atoms with Crippen LogP contribution in [0.5, 0.6) is 0 Å². The minimum Gasteiger partial charge on any atom is -0.376 e. The molecule has 2 heterocycles. The molecule has 1 saturated heterocycles. The van der Waals surface area contributed by atoms with Crippen LogP contribution in [0.2, 0.25) is 0 Å². The van der Waals surface area contributed by atoms with Gasteiger partial charge in [0.25, 0.3) is 5.56 Å². The minimum absolute atomic E-state index is 0.0111. The number of benzene rings is 1. The number of hydrogen-bond acceptors (Lipinski definition) is 5. The summed E-state index contributed by atoms with van der Waals surface area (Å²) in [5.41, 5.74) is 0.609. The molecule has 1 aliphatic heterocycles. The molecule has 7 heteroatoms. The second kappa shape index (κ2) is 9.52. The second-order valence-electron chi connectivity index (χ2n) is 8.69. The van der Waals surface area contributed by atoms with E-state index in [4.69, 9.17) is 9.72 Å². The summed E-state index contributed by atoms with van der Waals surface area (Å²) in [5.74, 6) is 1.39. The maximum absolute atomic E-state index is 13.1. The molecule has 6 nitrogen and oxygen atoms in total. The molecule has 1 aromatic heterocycles. The van der Waals surface area contributed by atoms with E-state index >= 15 is 0 Å². The van der Waals surface area contributed by atoms with Crippen molar-refractivity contribution in [3.05, 3.63) is 34.6 Å². The first kappa shape index (κ1) is 21.4. The van der Waals surface area contributed by atoms with Crippen LogP contribution in [-0.2, 0) is 16.1 Å².